The molecule has 1 N–H and O–H groups in total. The van der Waals surface area contributed by atoms with Crippen LogP contribution in [-0.2, 0) is 6.54 Å². The van der Waals surface area contributed by atoms with Gasteiger partial charge in [-0.3, -0.25) is 9.69 Å². The van der Waals surface area contributed by atoms with E-state index in [1.807, 2.05) is 0 Å². The lowest BCUT2D eigenvalue weighted by Crippen LogP contribution is -2.23. The van der Waals surface area contributed by atoms with Crippen molar-refractivity contribution < 1.29 is 0 Å². The van der Waals surface area contributed by atoms with Crippen LogP contribution in [0.3, 0.4) is 0 Å². The van der Waals surface area contributed by atoms with E-state index in [2.05, 4.69) is 41.1 Å². The Bertz CT molecular complexity index is 634. The molecular weight excluding hydrogens is 280 g/mol. The van der Waals surface area contributed by atoms with E-state index >= 15 is 0 Å². The van der Waals surface area contributed by atoms with Gasteiger partial charge in [-0.15, -0.1) is 0 Å². The van der Waals surface area contributed by atoms with E-state index in [1.165, 1.54) is 47.5 Å². The second kappa shape index (κ2) is 6.58. The minimum absolute atomic E-state index is 0.0513. The number of nitrogens with zero attached hydrogens (tertiary/aromatic N) is 1. The van der Waals surface area contributed by atoms with Crippen LogP contribution >= 0.6 is 11.3 Å². The van der Waals surface area contributed by atoms with E-state index in [1.54, 1.807) is 0 Å². The van der Waals surface area contributed by atoms with Gasteiger partial charge in [0.2, 0.25) is 0 Å². The summed E-state index contributed by atoms with van der Waals surface area (Å²) in [6.45, 7) is 5.28. The molecule has 0 amide bonds. The van der Waals surface area contributed by atoms with Crippen LogP contribution < -0.4 is 4.87 Å². The van der Waals surface area contributed by atoms with Gasteiger partial charge in [0.05, 0.1) is 5.69 Å². The number of nitrogens with one attached hydrogen (secondary N) is 1. The highest BCUT2D eigenvalue weighted by molar-refractivity contribution is 7.09. The number of hydrogen-bond acceptors (Lipinski definition) is 3. The molecule has 0 atom stereocenters. The third-order valence-corrected chi connectivity index (χ3v) is 5.00. The van der Waals surface area contributed by atoms with Crippen molar-refractivity contribution >= 4 is 11.3 Å². The summed E-state index contributed by atoms with van der Waals surface area (Å²) < 4.78 is 0. The van der Waals surface area contributed by atoms with Crippen LogP contribution in [0.2, 0.25) is 0 Å². The summed E-state index contributed by atoms with van der Waals surface area (Å²) in [5.41, 5.74) is 3.36. The van der Waals surface area contributed by atoms with Crippen molar-refractivity contribution in [3.05, 3.63) is 44.4 Å². The minimum atomic E-state index is 0.0513. The van der Waals surface area contributed by atoms with Crippen molar-refractivity contribution in [3.63, 3.8) is 0 Å². The normalized spacial score (nSPS) is 16.8. The van der Waals surface area contributed by atoms with Gasteiger partial charge in [-0.1, -0.05) is 54.0 Å². The first-order valence-corrected chi connectivity index (χ1v) is 8.55. The number of aryl methyl sites for hydroxylation is 1. The molecule has 4 heteroatoms. The Morgan fingerprint density at radius 3 is 2.43 bits per heavy atom. The standard InChI is InChI=1S/C17H22N2OS/c1-13-6-8-14(9-7-13)16-15(21-17(20)18-16)12-19-10-4-2-3-5-11-19/h6-9H,2-5,10-12H2,1H3,(H,18,20). The van der Waals surface area contributed by atoms with Gasteiger partial charge in [-0.25, -0.2) is 0 Å². The lowest BCUT2D eigenvalue weighted by Gasteiger charge is -2.19. The molecule has 2 heterocycles. The SMILES string of the molecule is Cc1ccc(-c2[nH]c(=O)sc2CN2CCCCCC2)cc1. The Morgan fingerprint density at radius 2 is 1.76 bits per heavy atom. The molecule has 3 nitrogen and oxygen atoms in total. The molecule has 2 aromatic rings. The Balaban J connectivity index is 1.85. The number of hydrogen-bond donors (Lipinski definition) is 1. The molecule has 1 aliphatic rings. The number of benzene rings is 1. The maximum Gasteiger partial charge on any atom is 0.305 e. The molecule has 21 heavy (non-hydrogen) atoms. The summed E-state index contributed by atoms with van der Waals surface area (Å²) in [5.74, 6) is 0. The van der Waals surface area contributed by atoms with Gasteiger partial charge < -0.3 is 4.98 Å². The summed E-state index contributed by atoms with van der Waals surface area (Å²) in [4.78, 5) is 18.5. The zero-order valence-corrected chi connectivity index (χ0v) is 13.3. The van der Waals surface area contributed by atoms with E-state index in [0.29, 0.717) is 0 Å². The molecule has 0 aliphatic carbocycles. The molecule has 0 bridgehead atoms. The van der Waals surface area contributed by atoms with E-state index in [-0.39, 0.29) is 4.87 Å². The van der Waals surface area contributed by atoms with Gasteiger partial charge in [0.1, 0.15) is 0 Å². The summed E-state index contributed by atoms with van der Waals surface area (Å²) in [5, 5.41) is 0. The molecule has 1 saturated heterocycles. The van der Waals surface area contributed by atoms with Crippen LogP contribution in [0.15, 0.2) is 29.1 Å². The number of aromatic nitrogens is 1. The second-order valence-corrected chi connectivity index (χ2v) is 6.94. The fraction of sp³-hybridized carbons (Fsp3) is 0.471. The largest absolute Gasteiger partial charge is 0.312 e. The lowest BCUT2D eigenvalue weighted by molar-refractivity contribution is 0.279. The van der Waals surface area contributed by atoms with E-state index in [0.717, 1.165) is 30.9 Å². The average Bonchev–Trinajstić information content (AvgIpc) is 2.68. The quantitative estimate of drug-likeness (QED) is 0.936. The van der Waals surface area contributed by atoms with Gasteiger partial charge in [-0.2, -0.15) is 0 Å². The monoisotopic (exact) mass is 302 g/mol. The zero-order chi connectivity index (χ0) is 14.7. The summed E-state index contributed by atoms with van der Waals surface area (Å²) in [7, 11) is 0. The first-order chi connectivity index (χ1) is 10.2. The highest BCUT2D eigenvalue weighted by Gasteiger charge is 2.15. The maximum atomic E-state index is 11.8. The lowest BCUT2D eigenvalue weighted by atomic mass is 10.1. The molecule has 0 unspecified atom stereocenters. The molecule has 1 aromatic carbocycles. The topological polar surface area (TPSA) is 36.1 Å². The minimum Gasteiger partial charge on any atom is -0.312 e. The number of rotatable bonds is 3. The maximum absolute atomic E-state index is 11.8. The predicted molar refractivity (Wildman–Crippen MR) is 88.9 cm³/mol. The summed E-state index contributed by atoms with van der Waals surface area (Å²) >= 11 is 1.36. The first kappa shape index (κ1) is 14.5. The van der Waals surface area contributed by atoms with E-state index in [4.69, 9.17) is 0 Å². The highest BCUT2D eigenvalue weighted by atomic mass is 32.1. The zero-order valence-electron chi connectivity index (χ0n) is 12.5. The van der Waals surface area contributed by atoms with E-state index in [9.17, 15) is 4.79 Å². The molecule has 112 valence electrons. The number of thiazole rings is 1. The fourth-order valence-corrected chi connectivity index (χ4v) is 3.82. The van der Waals surface area contributed by atoms with Crippen molar-refractivity contribution in [2.24, 2.45) is 0 Å². The van der Waals surface area contributed by atoms with Gasteiger partial charge in [0.15, 0.2) is 0 Å². The smallest absolute Gasteiger partial charge is 0.305 e. The Labute approximate surface area is 129 Å². The van der Waals surface area contributed by atoms with Gasteiger partial charge in [-0.05, 0) is 38.4 Å². The molecular formula is C17H22N2OS. The summed E-state index contributed by atoms with van der Waals surface area (Å²) in [6.07, 6.45) is 5.23. The molecule has 0 saturated carbocycles. The number of H-pyrrole nitrogens is 1. The molecule has 0 spiro atoms. The number of likely N-dealkylation sites (tertiary alicyclic amines) is 1. The summed E-state index contributed by atoms with van der Waals surface area (Å²) in [6, 6.07) is 8.39. The second-order valence-electron chi connectivity index (χ2n) is 5.87. The average molecular weight is 302 g/mol. The van der Waals surface area contributed by atoms with Crippen LogP contribution in [0.25, 0.3) is 11.3 Å². The van der Waals surface area contributed by atoms with Crippen LogP contribution in [0.5, 0.6) is 0 Å². The Morgan fingerprint density at radius 1 is 1.10 bits per heavy atom. The third-order valence-electron chi connectivity index (χ3n) is 4.13. The van der Waals surface area contributed by atoms with Crippen LogP contribution in [0.1, 0.15) is 36.1 Å². The van der Waals surface area contributed by atoms with Crippen LogP contribution in [0.4, 0.5) is 0 Å². The van der Waals surface area contributed by atoms with Crippen molar-refractivity contribution in [3.8, 4) is 11.3 Å². The van der Waals surface area contributed by atoms with Crippen molar-refractivity contribution in [1.29, 1.82) is 0 Å². The molecule has 1 aromatic heterocycles. The van der Waals surface area contributed by atoms with Crippen molar-refractivity contribution in [2.75, 3.05) is 13.1 Å². The van der Waals surface area contributed by atoms with Crippen LogP contribution in [0, 0.1) is 6.92 Å². The van der Waals surface area contributed by atoms with Crippen molar-refractivity contribution in [1.82, 2.24) is 9.88 Å². The van der Waals surface area contributed by atoms with Gasteiger partial charge in [0.25, 0.3) is 0 Å². The first-order valence-electron chi connectivity index (χ1n) is 7.74. The molecule has 3 rings (SSSR count). The van der Waals surface area contributed by atoms with Crippen LogP contribution in [-0.4, -0.2) is 23.0 Å². The Kier molecular flexibility index (Phi) is 4.56. The molecule has 1 aliphatic heterocycles. The third kappa shape index (κ3) is 3.63. The fourth-order valence-electron chi connectivity index (χ4n) is 2.92. The van der Waals surface area contributed by atoms with Gasteiger partial charge >= 0.3 is 4.87 Å². The number of aromatic amines is 1. The van der Waals surface area contributed by atoms with Crippen molar-refractivity contribution in [2.45, 2.75) is 39.2 Å². The Hall–Kier alpha value is -1.39. The van der Waals surface area contributed by atoms with Gasteiger partial charge in [0, 0.05) is 11.4 Å². The molecule has 0 radical (unpaired) electrons. The van der Waals surface area contributed by atoms with E-state index < -0.39 is 0 Å². The predicted octanol–water partition coefficient (Wildman–Crippen LogP) is 3.79. The molecule has 1 fully saturated rings. The highest BCUT2D eigenvalue weighted by Crippen LogP contribution is 2.25.